The van der Waals surface area contributed by atoms with Crippen LogP contribution in [0.2, 0.25) is 0 Å². The summed E-state index contributed by atoms with van der Waals surface area (Å²) in [7, 11) is 0. The highest BCUT2D eigenvalue weighted by molar-refractivity contribution is 7.09. The number of aryl methyl sites for hydroxylation is 1. The van der Waals surface area contributed by atoms with E-state index in [9.17, 15) is 4.79 Å². The van der Waals surface area contributed by atoms with Crippen molar-refractivity contribution >= 4 is 23.3 Å². The van der Waals surface area contributed by atoms with Crippen LogP contribution in [0.4, 0.5) is 0 Å². The van der Waals surface area contributed by atoms with E-state index in [0.29, 0.717) is 13.2 Å². The van der Waals surface area contributed by atoms with Crippen molar-refractivity contribution in [3.05, 3.63) is 81.8 Å². The molecule has 0 unspecified atom stereocenters. The van der Waals surface area contributed by atoms with Crippen molar-refractivity contribution in [1.82, 2.24) is 10.3 Å². The van der Waals surface area contributed by atoms with Gasteiger partial charge < -0.3 is 14.8 Å². The molecule has 0 saturated carbocycles. The number of nitrogens with one attached hydrogen (secondary N) is 1. The summed E-state index contributed by atoms with van der Waals surface area (Å²) in [5.74, 6) is 1.46. The fourth-order valence-electron chi connectivity index (χ4n) is 2.69. The highest BCUT2D eigenvalue weighted by atomic mass is 32.1. The van der Waals surface area contributed by atoms with E-state index in [-0.39, 0.29) is 12.0 Å². The molecule has 0 aliphatic rings. The van der Waals surface area contributed by atoms with E-state index in [1.54, 1.807) is 17.4 Å². The molecule has 2 aromatic carbocycles. The second kappa shape index (κ2) is 10.6. The van der Waals surface area contributed by atoms with E-state index < -0.39 is 0 Å². The topological polar surface area (TPSA) is 60.5 Å². The molecule has 30 heavy (non-hydrogen) atoms. The van der Waals surface area contributed by atoms with Gasteiger partial charge in [0, 0.05) is 18.0 Å². The number of ether oxygens (including phenoxy) is 2. The third kappa shape index (κ3) is 7.04. The van der Waals surface area contributed by atoms with Crippen LogP contribution < -0.4 is 14.8 Å². The Balaban J connectivity index is 1.43. The smallest absolute Gasteiger partial charge is 0.244 e. The minimum atomic E-state index is -0.142. The van der Waals surface area contributed by atoms with Crippen LogP contribution in [0.25, 0.3) is 6.08 Å². The van der Waals surface area contributed by atoms with Crippen LogP contribution in [-0.2, 0) is 17.9 Å². The lowest BCUT2D eigenvalue weighted by Gasteiger charge is -2.10. The number of nitrogens with zero attached hydrogens (tertiary/aromatic N) is 1. The molecule has 0 atom stereocenters. The molecule has 0 radical (unpaired) electrons. The first-order chi connectivity index (χ1) is 14.5. The number of amides is 1. The number of hydrogen-bond donors (Lipinski definition) is 1. The standard InChI is InChI=1S/C24H26N2O3S/c1-17(2)29-23-11-6-20(7-12-23)14-25-24(27)13-8-19-4-9-22(10-5-19)28-15-21-16-30-18(3)26-21/h4-13,16-17H,14-15H2,1-3H3,(H,25,27)/b13-8+. The van der Waals surface area contributed by atoms with Crippen LogP contribution in [0.3, 0.4) is 0 Å². The highest BCUT2D eigenvalue weighted by Gasteiger charge is 2.02. The van der Waals surface area contributed by atoms with Gasteiger partial charge in [-0.15, -0.1) is 11.3 Å². The Kier molecular flexibility index (Phi) is 7.63. The molecule has 3 aromatic rings. The molecule has 0 bridgehead atoms. The molecule has 0 saturated heterocycles. The summed E-state index contributed by atoms with van der Waals surface area (Å²) in [5.41, 5.74) is 2.88. The Morgan fingerprint density at radius 2 is 1.80 bits per heavy atom. The van der Waals surface area contributed by atoms with E-state index in [0.717, 1.165) is 33.3 Å². The van der Waals surface area contributed by atoms with Crippen molar-refractivity contribution in [3.8, 4) is 11.5 Å². The predicted octanol–water partition coefficient (Wildman–Crippen LogP) is 5.15. The van der Waals surface area contributed by atoms with Crippen molar-refractivity contribution in [2.24, 2.45) is 0 Å². The van der Waals surface area contributed by atoms with Gasteiger partial charge in [-0.3, -0.25) is 4.79 Å². The van der Waals surface area contributed by atoms with E-state index in [1.807, 2.05) is 74.7 Å². The molecule has 5 nitrogen and oxygen atoms in total. The Morgan fingerprint density at radius 1 is 1.10 bits per heavy atom. The first-order valence-corrected chi connectivity index (χ1v) is 10.7. The first kappa shape index (κ1) is 21.6. The summed E-state index contributed by atoms with van der Waals surface area (Å²) in [6.07, 6.45) is 3.45. The highest BCUT2D eigenvalue weighted by Crippen LogP contribution is 2.16. The van der Waals surface area contributed by atoms with Crippen molar-refractivity contribution in [3.63, 3.8) is 0 Å². The zero-order valence-electron chi connectivity index (χ0n) is 17.4. The average molecular weight is 423 g/mol. The van der Waals surface area contributed by atoms with Gasteiger partial charge in [-0.2, -0.15) is 0 Å². The SMILES string of the molecule is Cc1nc(COc2ccc(/C=C/C(=O)NCc3ccc(OC(C)C)cc3)cc2)cs1. The lowest BCUT2D eigenvalue weighted by Crippen LogP contribution is -2.20. The first-order valence-electron chi connectivity index (χ1n) is 9.83. The Hall–Kier alpha value is -3.12. The van der Waals surface area contributed by atoms with Crippen LogP contribution in [0, 0.1) is 6.92 Å². The molecule has 1 heterocycles. The number of thiazole rings is 1. The van der Waals surface area contributed by atoms with Crippen LogP contribution in [-0.4, -0.2) is 17.0 Å². The molecule has 1 aromatic heterocycles. The lowest BCUT2D eigenvalue weighted by atomic mass is 10.2. The maximum Gasteiger partial charge on any atom is 0.244 e. The Labute approximate surface area is 181 Å². The summed E-state index contributed by atoms with van der Waals surface area (Å²) in [6, 6.07) is 15.3. The Bertz CT molecular complexity index is 976. The van der Waals surface area contributed by atoms with Crippen molar-refractivity contribution < 1.29 is 14.3 Å². The largest absolute Gasteiger partial charge is 0.491 e. The molecular formula is C24H26N2O3S. The maximum atomic E-state index is 12.1. The predicted molar refractivity (Wildman–Crippen MR) is 121 cm³/mol. The minimum Gasteiger partial charge on any atom is -0.491 e. The van der Waals surface area contributed by atoms with E-state index in [4.69, 9.17) is 9.47 Å². The zero-order chi connectivity index (χ0) is 21.3. The number of aromatic nitrogens is 1. The van der Waals surface area contributed by atoms with Crippen LogP contribution in [0.1, 0.15) is 35.7 Å². The van der Waals surface area contributed by atoms with Gasteiger partial charge in [0.2, 0.25) is 5.91 Å². The van der Waals surface area contributed by atoms with E-state index >= 15 is 0 Å². The number of rotatable bonds is 9. The molecule has 1 N–H and O–H groups in total. The van der Waals surface area contributed by atoms with Crippen LogP contribution in [0.15, 0.2) is 60.0 Å². The van der Waals surface area contributed by atoms with Gasteiger partial charge in [0.15, 0.2) is 0 Å². The van der Waals surface area contributed by atoms with Crippen molar-refractivity contribution in [2.45, 2.75) is 40.0 Å². The van der Waals surface area contributed by atoms with Gasteiger partial charge in [-0.05, 0) is 62.2 Å². The molecule has 0 fully saturated rings. The van der Waals surface area contributed by atoms with Crippen LogP contribution in [0.5, 0.6) is 11.5 Å². The van der Waals surface area contributed by atoms with Gasteiger partial charge in [-0.1, -0.05) is 24.3 Å². The van der Waals surface area contributed by atoms with E-state index in [1.165, 1.54) is 6.08 Å². The summed E-state index contributed by atoms with van der Waals surface area (Å²) in [6.45, 7) is 6.87. The average Bonchev–Trinajstić information content (AvgIpc) is 3.16. The third-order valence-electron chi connectivity index (χ3n) is 4.12. The normalized spacial score (nSPS) is 11.1. The lowest BCUT2D eigenvalue weighted by molar-refractivity contribution is -0.116. The molecule has 1 amide bonds. The summed E-state index contributed by atoms with van der Waals surface area (Å²) < 4.78 is 11.4. The fourth-order valence-corrected chi connectivity index (χ4v) is 3.28. The Morgan fingerprint density at radius 3 is 2.43 bits per heavy atom. The van der Waals surface area contributed by atoms with Gasteiger partial charge in [-0.25, -0.2) is 4.98 Å². The number of carbonyl (C=O) groups excluding carboxylic acids is 1. The summed E-state index contributed by atoms with van der Waals surface area (Å²) in [4.78, 5) is 16.5. The molecule has 156 valence electrons. The number of benzene rings is 2. The number of hydrogen-bond acceptors (Lipinski definition) is 5. The fraction of sp³-hybridized carbons (Fsp3) is 0.250. The summed E-state index contributed by atoms with van der Waals surface area (Å²) >= 11 is 1.61. The molecule has 0 aliphatic heterocycles. The van der Waals surface area contributed by atoms with Crippen molar-refractivity contribution in [1.29, 1.82) is 0 Å². The third-order valence-corrected chi connectivity index (χ3v) is 4.94. The monoisotopic (exact) mass is 422 g/mol. The minimum absolute atomic E-state index is 0.142. The van der Waals surface area contributed by atoms with Crippen LogP contribution >= 0.6 is 11.3 Å². The van der Waals surface area contributed by atoms with Gasteiger partial charge >= 0.3 is 0 Å². The van der Waals surface area contributed by atoms with E-state index in [2.05, 4.69) is 10.3 Å². The maximum absolute atomic E-state index is 12.1. The number of carbonyl (C=O) groups is 1. The van der Waals surface area contributed by atoms with Crippen molar-refractivity contribution in [2.75, 3.05) is 0 Å². The van der Waals surface area contributed by atoms with Gasteiger partial charge in [0.25, 0.3) is 0 Å². The molecule has 6 heteroatoms. The quantitative estimate of drug-likeness (QED) is 0.485. The molecule has 0 aliphatic carbocycles. The second-order valence-corrected chi connectivity index (χ2v) is 8.14. The van der Waals surface area contributed by atoms with Gasteiger partial charge in [0.05, 0.1) is 16.8 Å². The molecular weight excluding hydrogens is 396 g/mol. The summed E-state index contributed by atoms with van der Waals surface area (Å²) in [5, 5.41) is 5.91. The second-order valence-electron chi connectivity index (χ2n) is 7.08. The van der Waals surface area contributed by atoms with Gasteiger partial charge in [0.1, 0.15) is 18.1 Å². The molecule has 3 rings (SSSR count). The zero-order valence-corrected chi connectivity index (χ0v) is 18.2. The molecule has 0 spiro atoms.